The van der Waals surface area contributed by atoms with Gasteiger partial charge in [0.25, 0.3) is 6.04 Å². The molecule has 0 spiro atoms. The van der Waals surface area contributed by atoms with Gasteiger partial charge >= 0.3 is 0 Å². The van der Waals surface area contributed by atoms with Gasteiger partial charge in [-0.05, 0) is 65.7 Å². The van der Waals surface area contributed by atoms with Gasteiger partial charge in [-0.25, -0.2) is 13.1 Å². The molecule has 27 heavy (non-hydrogen) atoms. The summed E-state index contributed by atoms with van der Waals surface area (Å²) < 4.78 is 6.63. The highest BCUT2D eigenvalue weighted by atomic mass is 35.5. The van der Waals surface area contributed by atoms with E-state index < -0.39 is 22.8 Å². The van der Waals surface area contributed by atoms with E-state index in [4.69, 9.17) is 29.5 Å². The molecule has 1 aliphatic heterocycles. The Labute approximate surface area is 169 Å². The van der Waals surface area contributed by atoms with Gasteiger partial charge in [0.2, 0.25) is 5.54 Å². The van der Waals surface area contributed by atoms with E-state index in [-0.39, 0.29) is 28.7 Å². The van der Waals surface area contributed by atoms with E-state index in [0.717, 1.165) is 32.1 Å². The van der Waals surface area contributed by atoms with Crippen LogP contribution in [0, 0.1) is 30.9 Å². The highest BCUT2D eigenvalue weighted by molar-refractivity contribution is 6.21. The molecule has 3 aliphatic rings. The summed E-state index contributed by atoms with van der Waals surface area (Å²) in [5.74, 6) is 0.267. The van der Waals surface area contributed by atoms with Crippen LogP contribution in [-0.4, -0.2) is 38.9 Å². The van der Waals surface area contributed by atoms with Gasteiger partial charge in [0.15, 0.2) is 0 Å². The summed E-state index contributed by atoms with van der Waals surface area (Å²) in [6, 6.07) is -0.486. The van der Waals surface area contributed by atoms with E-state index in [1.807, 2.05) is 0 Å². The molecule has 0 unspecified atom stereocenters. The highest BCUT2D eigenvalue weighted by Gasteiger charge is 2.66. The Kier molecular flexibility index (Phi) is 5.13. The van der Waals surface area contributed by atoms with Gasteiger partial charge in [0, 0.05) is 19.3 Å². The van der Waals surface area contributed by atoms with Crippen LogP contribution in [0.3, 0.4) is 0 Å². The first-order chi connectivity index (χ1) is 12.4. The van der Waals surface area contributed by atoms with Crippen molar-refractivity contribution in [2.24, 2.45) is 17.8 Å². The maximum atomic E-state index is 11.0. The molecule has 0 radical (unpaired) electrons. The summed E-state index contributed by atoms with van der Waals surface area (Å²) in [6.45, 7) is 25.8. The van der Waals surface area contributed by atoms with Crippen LogP contribution in [0.1, 0.15) is 73.1 Å². The summed E-state index contributed by atoms with van der Waals surface area (Å²) in [6.07, 6.45) is 4.83. The third-order valence-corrected chi connectivity index (χ3v) is 8.72. The van der Waals surface area contributed by atoms with Gasteiger partial charge in [0.1, 0.15) is 5.60 Å². The van der Waals surface area contributed by atoms with Crippen molar-refractivity contribution in [1.29, 1.82) is 0 Å². The lowest BCUT2D eigenvalue weighted by molar-refractivity contribution is -0.217. The largest absolute Gasteiger partial charge is 0.382 e. The predicted molar refractivity (Wildman–Crippen MR) is 107 cm³/mol. The molecule has 0 amide bonds. The van der Waals surface area contributed by atoms with Crippen molar-refractivity contribution in [3.63, 3.8) is 0 Å². The lowest BCUT2D eigenvalue weighted by atomic mass is 9.51. The zero-order valence-electron chi connectivity index (χ0n) is 17.3. The van der Waals surface area contributed by atoms with Crippen LogP contribution >= 0.6 is 11.6 Å². The van der Waals surface area contributed by atoms with E-state index in [9.17, 15) is 5.11 Å². The number of hydrogen-bond acceptors (Lipinski definition) is 2. The minimum Gasteiger partial charge on any atom is -0.382 e. The molecule has 0 aromatic heterocycles. The zero-order chi connectivity index (χ0) is 20.3. The van der Waals surface area contributed by atoms with Crippen LogP contribution in [-0.2, 0) is 4.74 Å². The van der Waals surface area contributed by atoms with Crippen molar-refractivity contribution in [2.75, 3.05) is 0 Å². The molecule has 1 heterocycles. The lowest BCUT2D eigenvalue weighted by Crippen LogP contribution is -2.64. The summed E-state index contributed by atoms with van der Waals surface area (Å²) in [4.78, 5) is 7.95. The molecule has 1 saturated heterocycles. The molecule has 5 heteroatoms. The number of halogens is 1. The van der Waals surface area contributed by atoms with Crippen molar-refractivity contribution >= 4 is 11.6 Å². The van der Waals surface area contributed by atoms with E-state index in [1.165, 1.54) is 0 Å². The van der Waals surface area contributed by atoms with Crippen LogP contribution in [0.15, 0.2) is 0 Å². The molecular formula is C22H33ClN2O2. The van der Waals surface area contributed by atoms with E-state index in [1.54, 1.807) is 6.92 Å². The SMILES string of the molecule is [C-]#[N+][C@H]1[C@@H]2[C@@H](CC[C@]1(C)O)[C@](C)([N+]#[C-])CC[C@H]2[C@]1(C)CC[C@@H](Cl)C(C)(C)O1. The minimum absolute atomic E-state index is 0.0215. The fourth-order valence-electron chi connectivity index (χ4n) is 6.29. The first kappa shape index (κ1) is 20.9. The number of nitrogens with zero attached hydrogens (tertiary/aromatic N) is 2. The van der Waals surface area contributed by atoms with Crippen molar-refractivity contribution < 1.29 is 9.84 Å². The molecule has 8 atom stereocenters. The van der Waals surface area contributed by atoms with Gasteiger partial charge in [-0.1, -0.05) is 0 Å². The Hall–Kier alpha value is -0.810. The van der Waals surface area contributed by atoms with Gasteiger partial charge in [-0.2, -0.15) is 0 Å². The monoisotopic (exact) mass is 392 g/mol. The van der Waals surface area contributed by atoms with Crippen molar-refractivity contribution in [1.82, 2.24) is 0 Å². The van der Waals surface area contributed by atoms with Gasteiger partial charge in [-0.15, -0.1) is 11.6 Å². The molecule has 0 bridgehead atoms. The summed E-state index contributed by atoms with van der Waals surface area (Å²) in [5.41, 5.74) is -2.25. The number of hydrogen-bond donors (Lipinski definition) is 1. The number of aliphatic hydroxyl groups is 1. The standard InChI is InChI=1S/C22H33ClN2O2/c1-19(2)16(23)10-13-22(5,27-19)15-8-11-20(3,25-7)14-9-12-21(4,26)18(24-6)17(14)15/h14-18,26H,8-13H2,1-5H3/t14-,15-,16-,17-,18+,20-,21+,22+/m1/s1. The van der Waals surface area contributed by atoms with Gasteiger partial charge < -0.3 is 19.5 Å². The van der Waals surface area contributed by atoms with Crippen molar-refractivity contribution in [2.45, 2.75) is 107 Å². The second-order valence-corrected chi connectivity index (χ2v) is 10.8. The Morgan fingerprint density at radius 1 is 0.963 bits per heavy atom. The molecule has 150 valence electrons. The second-order valence-electron chi connectivity index (χ2n) is 10.3. The first-order valence-corrected chi connectivity index (χ1v) is 10.7. The smallest absolute Gasteiger partial charge is 0.255 e. The average molecular weight is 393 g/mol. The average Bonchev–Trinajstić information content (AvgIpc) is 2.57. The third-order valence-electron chi connectivity index (χ3n) is 7.98. The summed E-state index contributed by atoms with van der Waals surface area (Å²) >= 11 is 6.53. The Bertz CT molecular complexity index is 679. The zero-order valence-corrected chi connectivity index (χ0v) is 18.0. The van der Waals surface area contributed by atoms with Crippen LogP contribution in [0.25, 0.3) is 9.69 Å². The Balaban J connectivity index is 2.03. The lowest BCUT2D eigenvalue weighted by Gasteiger charge is -2.57. The number of rotatable bonds is 1. The summed E-state index contributed by atoms with van der Waals surface area (Å²) in [5, 5.41) is 11.0. The molecule has 1 N–H and O–H groups in total. The maximum Gasteiger partial charge on any atom is 0.255 e. The molecule has 4 nitrogen and oxygen atoms in total. The topological polar surface area (TPSA) is 38.2 Å². The Morgan fingerprint density at radius 3 is 2.15 bits per heavy atom. The normalized spacial score (nSPS) is 52.3. The quantitative estimate of drug-likeness (QED) is 0.498. The molecule has 0 aromatic rings. The van der Waals surface area contributed by atoms with E-state index in [0.29, 0.717) is 6.42 Å². The molecule has 2 saturated carbocycles. The number of fused-ring (bicyclic) bond motifs is 1. The minimum atomic E-state index is -1.00. The van der Waals surface area contributed by atoms with E-state index in [2.05, 4.69) is 37.4 Å². The highest BCUT2D eigenvalue weighted by Crippen LogP contribution is 2.58. The van der Waals surface area contributed by atoms with Crippen LogP contribution < -0.4 is 0 Å². The van der Waals surface area contributed by atoms with E-state index >= 15 is 0 Å². The fourth-order valence-corrected chi connectivity index (χ4v) is 6.44. The predicted octanol–water partition coefficient (Wildman–Crippen LogP) is 5.09. The summed E-state index contributed by atoms with van der Waals surface area (Å²) in [7, 11) is 0. The first-order valence-electron chi connectivity index (χ1n) is 10.2. The molecule has 3 fully saturated rings. The van der Waals surface area contributed by atoms with Crippen LogP contribution in [0.5, 0.6) is 0 Å². The second kappa shape index (κ2) is 6.62. The number of ether oxygens (including phenoxy) is 1. The third kappa shape index (κ3) is 3.29. The molecular weight excluding hydrogens is 360 g/mol. The molecule has 0 aromatic carbocycles. The molecule has 2 aliphatic carbocycles. The van der Waals surface area contributed by atoms with Gasteiger partial charge in [0.05, 0.1) is 22.5 Å². The maximum absolute atomic E-state index is 11.0. The van der Waals surface area contributed by atoms with Gasteiger partial charge in [-0.3, -0.25) is 0 Å². The van der Waals surface area contributed by atoms with Crippen LogP contribution in [0.4, 0.5) is 0 Å². The van der Waals surface area contributed by atoms with Crippen molar-refractivity contribution in [3.8, 4) is 0 Å². The number of alkyl halides is 1. The van der Waals surface area contributed by atoms with Crippen molar-refractivity contribution in [3.05, 3.63) is 22.8 Å². The fraction of sp³-hybridized carbons (Fsp3) is 0.909. The van der Waals surface area contributed by atoms with Crippen LogP contribution in [0.2, 0.25) is 0 Å². The molecule has 3 rings (SSSR count). The Morgan fingerprint density at radius 2 is 1.59 bits per heavy atom.